The second kappa shape index (κ2) is 13.9. The van der Waals surface area contributed by atoms with Crippen LogP contribution in [0.4, 0.5) is 10.1 Å². The topological polar surface area (TPSA) is 89.8 Å². The van der Waals surface area contributed by atoms with E-state index in [1.807, 2.05) is 88.4 Å². The van der Waals surface area contributed by atoms with E-state index < -0.39 is 11.9 Å². The molecule has 5 rings (SSSR count). The van der Waals surface area contributed by atoms with Crippen molar-refractivity contribution in [2.24, 2.45) is 0 Å². The summed E-state index contributed by atoms with van der Waals surface area (Å²) in [6.07, 6.45) is -0.809. The molecule has 0 spiro atoms. The molecule has 7 nitrogen and oxygen atoms in total. The molecule has 0 radical (unpaired) electrons. The van der Waals surface area contributed by atoms with Crippen LogP contribution in [0.5, 0.6) is 0 Å². The van der Waals surface area contributed by atoms with Gasteiger partial charge in [-0.05, 0) is 73.7 Å². The summed E-state index contributed by atoms with van der Waals surface area (Å²) in [4.78, 5) is 27.0. The fraction of sp³-hybridized carbons (Fsp3) is 0.351. The number of ether oxygens (including phenoxy) is 2. The summed E-state index contributed by atoms with van der Waals surface area (Å²) in [5.41, 5.74) is 5.04. The first-order chi connectivity index (χ1) is 21.5. The number of para-hydroxylation sites is 1. The summed E-state index contributed by atoms with van der Waals surface area (Å²) in [6, 6.07) is 25.2. The quantitative estimate of drug-likeness (QED) is 0.172. The number of amides is 1. The summed E-state index contributed by atoms with van der Waals surface area (Å²) < 4.78 is 27.5. The van der Waals surface area contributed by atoms with Crippen LogP contribution in [-0.2, 0) is 20.8 Å². The summed E-state index contributed by atoms with van der Waals surface area (Å²) >= 11 is 0. The highest BCUT2D eigenvalue weighted by molar-refractivity contribution is 6.12. The Hall–Kier alpha value is -4.11. The van der Waals surface area contributed by atoms with Crippen molar-refractivity contribution in [1.82, 2.24) is 4.57 Å². The van der Waals surface area contributed by atoms with Gasteiger partial charge in [-0.25, -0.2) is 4.39 Å². The molecule has 4 aromatic rings. The number of hydrogen-bond acceptors (Lipinski definition) is 5. The molecule has 1 fully saturated rings. The molecule has 0 aliphatic carbocycles. The average Bonchev–Trinajstić information content (AvgIpc) is 3.53. The van der Waals surface area contributed by atoms with E-state index in [0.717, 1.165) is 28.1 Å². The number of nitrogens with zero attached hydrogens (tertiary/aromatic N) is 1. The number of Topliss-reactive ketones (excluding diaryl/α,β-unsaturated/α-hetero) is 1. The van der Waals surface area contributed by atoms with Gasteiger partial charge in [-0.15, -0.1) is 0 Å². The first-order valence-corrected chi connectivity index (χ1v) is 15.5. The van der Waals surface area contributed by atoms with Crippen molar-refractivity contribution in [3.63, 3.8) is 0 Å². The van der Waals surface area contributed by atoms with E-state index in [-0.39, 0.29) is 48.8 Å². The zero-order chi connectivity index (χ0) is 32.1. The smallest absolute Gasteiger partial charge is 0.258 e. The van der Waals surface area contributed by atoms with Crippen molar-refractivity contribution in [3.05, 3.63) is 102 Å². The molecule has 1 aliphatic heterocycles. The number of aromatic nitrogens is 1. The lowest BCUT2D eigenvalue weighted by molar-refractivity contribution is -0.142. The highest BCUT2D eigenvalue weighted by atomic mass is 19.1. The van der Waals surface area contributed by atoms with Crippen LogP contribution in [-0.4, -0.2) is 46.0 Å². The van der Waals surface area contributed by atoms with E-state index in [9.17, 15) is 19.1 Å². The average molecular weight is 613 g/mol. The van der Waals surface area contributed by atoms with E-state index in [0.29, 0.717) is 24.4 Å². The summed E-state index contributed by atoms with van der Waals surface area (Å²) in [7, 11) is 0. The van der Waals surface area contributed by atoms with E-state index in [4.69, 9.17) is 9.47 Å². The molecule has 2 atom stereocenters. The minimum Gasteiger partial charge on any atom is -0.393 e. The summed E-state index contributed by atoms with van der Waals surface area (Å²) in [6.45, 7) is 8.36. The van der Waals surface area contributed by atoms with E-state index in [1.165, 1.54) is 12.1 Å². The molecule has 0 bridgehead atoms. The van der Waals surface area contributed by atoms with Crippen molar-refractivity contribution in [1.29, 1.82) is 0 Å². The van der Waals surface area contributed by atoms with Gasteiger partial charge in [0, 0.05) is 36.3 Å². The molecule has 1 aliphatic rings. The monoisotopic (exact) mass is 612 g/mol. The first-order valence-electron chi connectivity index (χ1n) is 15.5. The van der Waals surface area contributed by atoms with Gasteiger partial charge in [-0.1, -0.05) is 62.4 Å². The van der Waals surface area contributed by atoms with Crippen LogP contribution >= 0.6 is 0 Å². The zero-order valence-corrected chi connectivity index (χ0v) is 26.3. The number of nitrogens with one attached hydrogen (secondary N) is 1. The Kier molecular flexibility index (Phi) is 9.97. The van der Waals surface area contributed by atoms with Crippen LogP contribution in [0.25, 0.3) is 22.4 Å². The molecule has 1 saturated heterocycles. The van der Waals surface area contributed by atoms with Gasteiger partial charge in [-0.2, -0.15) is 0 Å². The van der Waals surface area contributed by atoms with Crippen molar-refractivity contribution < 1.29 is 28.6 Å². The van der Waals surface area contributed by atoms with Crippen LogP contribution in [0.1, 0.15) is 68.9 Å². The Balaban J connectivity index is 1.54. The minimum absolute atomic E-state index is 0.0165. The van der Waals surface area contributed by atoms with Gasteiger partial charge in [-0.3, -0.25) is 9.59 Å². The van der Waals surface area contributed by atoms with Gasteiger partial charge >= 0.3 is 0 Å². The number of aliphatic hydroxyl groups is 1. The highest BCUT2D eigenvalue weighted by Gasteiger charge is 2.34. The Bertz CT molecular complexity index is 1610. The largest absolute Gasteiger partial charge is 0.393 e. The maximum atomic E-state index is 14.2. The van der Waals surface area contributed by atoms with Crippen LogP contribution in [0.15, 0.2) is 84.9 Å². The molecule has 0 saturated carbocycles. The fourth-order valence-corrected chi connectivity index (χ4v) is 6.05. The Morgan fingerprint density at radius 1 is 0.978 bits per heavy atom. The van der Waals surface area contributed by atoms with Crippen LogP contribution in [0.3, 0.4) is 0 Å². The van der Waals surface area contributed by atoms with Crippen LogP contribution in [0.2, 0.25) is 0 Å². The van der Waals surface area contributed by atoms with E-state index in [2.05, 4.69) is 9.88 Å². The van der Waals surface area contributed by atoms with Gasteiger partial charge in [0.05, 0.1) is 30.1 Å². The third-order valence-electron chi connectivity index (χ3n) is 7.96. The van der Waals surface area contributed by atoms with Gasteiger partial charge in [0.2, 0.25) is 0 Å². The lowest BCUT2D eigenvalue weighted by Gasteiger charge is -2.19. The summed E-state index contributed by atoms with van der Waals surface area (Å²) in [5.74, 6) is -1.53. The number of hydrogen-bond donors (Lipinski definition) is 2. The maximum absolute atomic E-state index is 14.2. The van der Waals surface area contributed by atoms with Crippen molar-refractivity contribution in [2.45, 2.75) is 77.4 Å². The van der Waals surface area contributed by atoms with Gasteiger partial charge in [0.15, 0.2) is 5.79 Å². The molecule has 236 valence electrons. The molecule has 2 heterocycles. The Morgan fingerprint density at radius 3 is 2.22 bits per heavy atom. The molecule has 1 aromatic heterocycles. The minimum atomic E-state index is -0.905. The Labute approximate surface area is 264 Å². The second-order valence-corrected chi connectivity index (χ2v) is 12.3. The van der Waals surface area contributed by atoms with E-state index in [1.54, 1.807) is 12.1 Å². The van der Waals surface area contributed by atoms with Gasteiger partial charge in [0.25, 0.3) is 5.91 Å². The maximum Gasteiger partial charge on any atom is 0.258 e. The van der Waals surface area contributed by atoms with Crippen molar-refractivity contribution in [2.75, 3.05) is 11.9 Å². The SMILES string of the molecule is CC(C)c1c(C(=O)Nc2ccccc2)c(-c2ccccc2)c(-c2ccc(F)cc2)n1CC[C@@H](O)CC(=O)C[C@H]1COC(C)(C)O1. The number of halogens is 1. The van der Waals surface area contributed by atoms with Crippen LogP contribution in [0, 0.1) is 5.82 Å². The molecule has 3 aromatic carbocycles. The third kappa shape index (κ3) is 7.76. The lowest BCUT2D eigenvalue weighted by atomic mass is 9.94. The molecule has 0 unspecified atom stereocenters. The number of ketones is 1. The van der Waals surface area contributed by atoms with Crippen molar-refractivity contribution in [3.8, 4) is 22.4 Å². The molecule has 8 heteroatoms. The molecular formula is C37H41FN2O5. The first kappa shape index (κ1) is 32.3. The standard InChI is InChI=1S/C37H41FN2O5/c1-24(2)34-33(36(43)39-28-13-9-6-10-14-28)32(25-11-7-5-8-12-25)35(26-15-17-27(38)18-16-26)40(34)20-19-29(41)21-30(42)22-31-23-44-37(3,4)45-31/h5-18,24,29,31,41H,19-23H2,1-4H3,(H,39,43)/t29-,31+/m1/s1. The molecule has 1 amide bonds. The Morgan fingerprint density at radius 2 is 1.62 bits per heavy atom. The van der Waals surface area contributed by atoms with Crippen LogP contribution < -0.4 is 5.32 Å². The van der Waals surface area contributed by atoms with Gasteiger partial charge < -0.3 is 24.5 Å². The second-order valence-electron chi connectivity index (χ2n) is 12.3. The normalized spacial score (nSPS) is 16.6. The number of carbonyl (C=O) groups excluding carboxylic acids is 2. The number of anilines is 1. The number of benzene rings is 3. The predicted molar refractivity (Wildman–Crippen MR) is 174 cm³/mol. The lowest BCUT2D eigenvalue weighted by Crippen LogP contribution is -2.24. The zero-order valence-electron chi connectivity index (χ0n) is 26.3. The van der Waals surface area contributed by atoms with E-state index >= 15 is 0 Å². The predicted octanol–water partition coefficient (Wildman–Crippen LogP) is 7.59. The number of aliphatic hydroxyl groups excluding tert-OH is 1. The summed E-state index contributed by atoms with van der Waals surface area (Å²) in [5, 5.41) is 14.1. The fourth-order valence-electron chi connectivity index (χ4n) is 6.05. The van der Waals surface area contributed by atoms with Gasteiger partial charge in [0.1, 0.15) is 11.6 Å². The highest BCUT2D eigenvalue weighted by Crippen LogP contribution is 2.42. The number of rotatable bonds is 12. The van der Waals surface area contributed by atoms with Crippen molar-refractivity contribution >= 4 is 17.4 Å². The third-order valence-corrected chi connectivity index (χ3v) is 7.96. The molecular weight excluding hydrogens is 571 g/mol. The molecule has 45 heavy (non-hydrogen) atoms. The molecule has 2 N–H and O–H groups in total. The number of carbonyl (C=O) groups is 2.